The number of piperidine rings is 1. The Morgan fingerprint density at radius 1 is 1.43 bits per heavy atom. The molecule has 0 aromatic heterocycles. The van der Waals surface area contributed by atoms with E-state index in [9.17, 15) is 5.11 Å². The Bertz CT molecular complexity index is 152. The summed E-state index contributed by atoms with van der Waals surface area (Å²) < 4.78 is 5.00. The van der Waals surface area contributed by atoms with Gasteiger partial charge in [0.25, 0.3) is 0 Å². The monoisotopic (exact) mass is 201 g/mol. The lowest BCUT2D eigenvalue weighted by Gasteiger charge is -2.34. The van der Waals surface area contributed by atoms with Gasteiger partial charge < -0.3 is 14.7 Å². The predicted molar refractivity (Wildman–Crippen MR) is 57.3 cm³/mol. The van der Waals surface area contributed by atoms with E-state index >= 15 is 0 Å². The summed E-state index contributed by atoms with van der Waals surface area (Å²) in [7, 11) is 1.74. The molecule has 0 aliphatic carbocycles. The highest BCUT2D eigenvalue weighted by Crippen LogP contribution is 2.16. The number of nitrogens with zero attached hydrogens (tertiary/aromatic N) is 1. The van der Waals surface area contributed by atoms with Crippen LogP contribution in [0.2, 0.25) is 0 Å². The molecule has 1 aliphatic rings. The zero-order valence-electron chi connectivity index (χ0n) is 9.41. The number of likely N-dealkylation sites (tertiary alicyclic amines) is 1. The predicted octanol–water partition coefficient (Wildman–Crippen LogP) is 1.12. The number of methoxy groups -OCH3 is 1. The fourth-order valence-electron chi connectivity index (χ4n) is 1.90. The van der Waals surface area contributed by atoms with Crippen molar-refractivity contribution >= 4 is 0 Å². The van der Waals surface area contributed by atoms with Gasteiger partial charge in [-0.15, -0.1) is 0 Å². The second kappa shape index (κ2) is 6.38. The van der Waals surface area contributed by atoms with E-state index in [1.165, 1.54) is 6.42 Å². The molecular weight excluding hydrogens is 178 g/mol. The lowest BCUT2D eigenvalue weighted by atomic mass is 9.96. The minimum Gasteiger partial charge on any atom is -0.392 e. The first-order chi connectivity index (χ1) is 6.74. The fourth-order valence-corrected chi connectivity index (χ4v) is 1.90. The van der Waals surface area contributed by atoms with Crippen molar-refractivity contribution < 1.29 is 9.84 Å². The smallest absolute Gasteiger partial charge is 0.0693 e. The molecular formula is C11H23NO2. The van der Waals surface area contributed by atoms with Gasteiger partial charge in [0.1, 0.15) is 0 Å². The zero-order valence-corrected chi connectivity index (χ0v) is 9.41. The van der Waals surface area contributed by atoms with Crippen LogP contribution in [0.1, 0.15) is 26.2 Å². The Kier molecular flexibility index (Phi) is 5.45. The summed E-state index contributed by atoms with van der Waals surface area (Å²) in [6, 6.07) is 0. The van der Waals surface area contributed by atoms with E-state index in [1.807, 2.05) is 0 Å². The fraction of sp³-hybridized carbons (Fsp3) is 1.00. The second-order valence-electron chi connectivity index (χ2n) is 4.33. The molecule has 0 saturated carbocycles. The molecule has 3 heteroatoms. The van der Waals surface area contributed by atoms with E-state index in [4.69, 9.17) is 4.74 Å². The Balaban J connectivity index is 2.07. The Morgan fingerprint density at radius 3 is 2.86 bits per heavy atom. The molecule has 1 fully saturated rings. The van der Waals surface area contributed by atoms with Crippen molar-refractivity contribution in [3.63, 3.8) is 0 Å². The number of ether oxygens (including phenoxy) is 1. The summed E-state index contributed by atoms with van der Waals surface area (Å²) in [5, 5.41) is 9.68. The van der Waals surface area contributed by atoms with Crippen molar-refractivity contribution in [2.45, 2.75) is 32.3 Å². The lowest BCUT2D eigenvalue weighted by Crippen LogP contribution is -2.43. The molecule has 0 aromatic rings. The van der Waals surface area contributed by atoms with Crippen LogP contribution in [0, 0.1) is 5.92 Å². The van der Waals surface area contributed by atoms with Crippen LogP contribution in [-0.2, 0) is 4.74 Å². The van der Waals surface area contributed by atoms with Crippen LogP contribution in [0.3, 0.4) is 0 Å². The summed E-state index contributed by atoms with van der Waals surface area (Å²) in [4.78, 5) is 2.36. The summed E-state index contributed by atoms with van der Waals surface area (Å²) in [5.74, 6) is 0.477. The molecule has 1 rings (SSSR count). The molecule has 0 radical (unpaired) electrons. The summed E-state index contributed by atoms with van der Waals surface area (Å²) >= 11 is 0. The molecule has 84 valence electrons. The molecule has 2 unspecified atom stereocenters. The van der Waals surface area contributed by atoms with Crippen molar-refractivity contribution in [2.75, 3.05) is 33.4 Å². The van der Waals surface area contributed by atoms with Crippen molar-refractivity contribution in [3.8, 4) is 0 Å². The normalized spacial score (nSPS) is 29.4. The SMILES string of the molecule is COCCCCN1CCC(C)C(O)C1. The highest BCUT2D eigenvalue weighted by molar-refractivity contribution is 4.76. The van der Waals surface area contributed by atoms with Crippen LogP contribution >= 0.6 is 0 Å². The minimum absolute atomic E-state index is 0.119. The number of aliphatic hydroxyl groups is 1. The third-order valence-corrected chi connectivity index (χ3v) is 3.08. The van der Waals surface area contributed by atoms with Crippen molar-refractivity contribution in [3.05, 3.63) is 0 Å². The highest BCUT2D eigenvalue weighted by atomic mass is 16.5. The molecule has 3 nitrogen and oxygen atoms in total. The molecule has 1 heterocycles. The van der Waals surface area contributed by atoms with Gasteiger partial charge in [-0.3, -0.25) is 0 Å². The largest absolute Gasteiger partial charge is 0.392 e. The number of β-amino-alcohol motifs (C(OH)–C–C–N with tert-alkyl or cyclic N) is 1. The molecule has 0 bridgehead atoms. The summed E-state index contributed by atoms with van der Waals surface area (Å²) in [6.45, 7) is 6.09. The zero-order chi connectivity index (χ0) is 10.4. The molecule has 1 N–H and O–H groups in total. The first-order valence-electron chi connectivity index (χ1n) is 5.63. The van der Waals surface area contributed by atoms with Crippen LogP contribution in [0.5, 0.6) is 0 Å². The molecule has 0 amide bonds. The van der Waals surface area contributed by atoms with Crippen LogP contribution in [0.4, 0.5) is 0 Å². The maximum Gasteiger partial charge on any atom is 0.0693 e. The van der Waals surface area contributed by atoms with Gasteiger partial charge in [-0.25, -0.2) is 0 Å². The van der Waals surface area contributed by atoms with Gasteiger partial charge in [-0.1, -0.05) is 6.92 Å². The van der Waals surface area contributed by atoms with Crippen LogP contribution in [0.15, 0.2) is 0 Å². The standard InChI is InChI=1S/C11H23NO2/c1-10-5-7-12(9-11(10)13)6-3-4-8-14-2/h10-11,13H,3-9H2,1-2H3. The molecule has 1 aliphatic heterocycles. The Labute approximate surface area is 87.1 Å². The third kappa shape index (κ3) is 3.95. The van der Waals surface area contributed by atoms with Gasteiger partial charge in [0.2, 0.25) is 0 Å². The molecule has 2 atom stereocenters. The first kappa shape index (κ1) is 12.0. The van der Waals surface area contributed by atoms with Gasteiger partial charge in [0, 0.05) is 20.3 Å². The first-order valence-corrected chi connectivity index (χ1v) is 5.63. The van der Waals surface area contributed by atoms with Crippen molar-refractivity contribution in [2.24, 2.45) is 5.92 Å². The number of hydrogen-bond acceptors (Lipinski definition) is 3. The van der Waals surface area contributed by atoms with E-state index in [2.05, 4.69) is 11.8 Å². The van der Waals surface area contributed by atoms with Crippen LogP contribution < -0.4 is 0 Å². The minimum atomic E-state index is -0.119. The van der Waals surface area contributed by atoms with Crippen LogP contribution in [0.25, 0.3) is 0 Å². The average molecular weight is 201 g/mol. The number of aliphatic hydroxyl groups excluding tert-OH is 1. The average Bonchev–Trinajstić information content (AvgIpc) is 2.18. The van der Waals surface area contributed by atoms with E-state index in [-0.39, 0.29) is 6.10 Å². The van der Waals surface area contributed by atoms with Gasteiger partial charge >= 0.3 is 0 Å². The molecule has 14 heavy (non-hydrogen) atoms. The van der Waals surface area contributed by atoms with Gasteiger partial charge in [0.15, 0.2) is 0 Å². The Hall–Kier alpha value is -0.120. The number of hydrogen-bond donors (Lipinski definition) is 1. The molecule has 0 spiro atoms. The lowest BCUT2D eigenvalue weighted by molar-refractivity contribution is 0.0279. The quantitative estimate of drug-likeness (QED) is 0.676. The second-order valence-corrected chi connectivity index (χ2v) is 4.33. The topological polar surface area (TPSA) is 32.7 Å². The number of unbranched alkanes of at least 4 members (excludes halogenated alkanes) is 1. The van der Waals surface area contributed by atoms with Crippen molar-refractivity contribution in [1.82, 2.24) is 4.90 Å². The maximum absolute atomic E-state index is 9.68. The van der Waals surface area contributed by atoms with Gasteiger partial charge in [0.05, 0.1) is 6.10 Å². The third-order valence-electron chi connectivity index (χ3n) is 3.08. The van der Waals surface area contributed by atoms with Gasteiger partial charge in [-0.2, -0.15) is 0 Å². The molecule has 1 saturated heterocycles. The van der Waals surface area contributed by atoms with Gasteiger partial charge in [-0.05, 0) is 38.3 Å². The summed E-state index contributed by atoms with van der Waals surface area (Å²) in [6.07, 6.45) is 3.31. The van der Waals surface area contributed by atoms with E-state index < -0.39 is 0 Å². The van der Waals surface area contributed by atoms with Crippen LogP contribution in [-0.4, -0.2) is 49.5 Å². The maximum atomic E-state index is 9.68. The molecule has 0 aromatic carbocycles. The van der Waals surface area contributed by atoms with E-state index in [0.29, 0.717) is 5.92 Å². The highest BCUT2D eigenvalue weighted by Gasteiger charge is 2.23. The van der Waals surface area contributed by atoms with Crippen molar-refractivity contribution in [1.29, 1.82) is 0 Å². The van der Waals surface area contributed by atoms with E-state index in [0.717, 1.165) is 39.1 Å². The Morgan fingerprint density at radius 2 is 2.21 bits per heavy atom. The summed E-state index contributed by atoms with van der Waals surface area (Å²) in [5.41, 5.74) is 0. The van der Waals surface area contributed by atoms with E-state index in [1.54, 1.807) is 7.11 Å². The number of rotatable bonds is 5.